The molecule has 0 spiro atoms. The summed E-state index contributed by atoms with van der Waals surface area (Å²) >= 11 is 0. The molecule has 6 nitrogen and oxygen atoms in total. The van der Waals surface area contributed by atoms with Crippen LogP contribution in [0.3, 0.4) is 0 Å². The second kappa shape index (κ2) is 7.87. The average molecular weight is 416 g/mol. The quantitative estimate of drug-likeness (QED) is 0.690. The molecule has 158 valence electrons. The number of anilines is 1. The Morgan fingerprint density at radius 2 is 1.68 bits per heavy atom. The number of rotatable bonds is 4. The summed E-state index contributed by atoms with van der Waals surface area (Å²) in [5.74, 6) is 0.0745. The number of carbonyl (C=O) groups is 2. The number of ketones is 1. The van der Waals surface area contributed by atoms with E-state index in [1.165, 1.54) is 4.57 Å². The first kappa shape index (κ1) is 20.6. The molecule has 6 heteroatoms. The number of hydrogen-bond donors (Lipinski definition) is 1. The van der Waals surface area contributed by atoms with E-state index in [2.05, 4.69) is 5.32 Å². The van der Waals surface area contributed by atoms with Crippen LogP contribution < -0.4 is 15.6 Å². The number of benzene rings is 2. The van der Waals surface area contributed by atoms with Gasteiger partial charge in [0, 0.05) is 29.6 Å². The maximum Gasteiger partial charge on any atom is 0.268 e. The number of nitrogens with zero attached hydrogens (tertiary/aromatic N) is 1. The molecule has 1 heterocycles. The zero-order valence-corrected chi connectivity index (χ0v) is 17.8. The molecule has 0 saturated carbocycles. The molecule has 1 aromatic heterocycles. The van der Waals surface area contributed by atoms with Gasteiger partial charge in [-0.15, -0.1) is 0 Å². The highest BCUT2D eigenvalue weighted by molar-refractivity contribution is 6.08. The molecule has 2 aromatic carbocycles. The van der Waals surface area contributed by atoms with Gasteiger partial charge in [0.2, 0.25) is 0 Å². The van der Waals surface area contributed by atoms with Crippen molar-refractivity contribution in [2.45, 2.75) is 26.7 Å². The highest BCUT2D eigenvalue weighted by Gasteiger charge is 2.36. The number of methoxy groups -OCH3 is 1. The molecule has 0 saturated heterocycles. The molecule has 3 aromatic rings. The highest BCUT2D eigenvalue weighted by Crippen LogP contribution is 2.36. The van der Waals surface area contributed by atoms with Crippen LogP contribution in [-0.4, -0.2) is 23.4 Å². The van der Waals surface area contributed by atoms with E-state index in [1.807, 2.05) is 32.0 Å². The Kier molecular flexibility index (Phi) is 5.23. The van der Waals surface area contributed by atoms with E-state index in [-0.39, 0.29) is 16.8 Å². The number of para-hydroxylation sites is 1. The average Bonchev–Trinajstić information content (AvgIpc) is 2.73. The standard InChI is InChI=1S/C25H24N2O4/c1-25(2)13-19-20(21(28)14-25)15-27(17-7-5-4-6-8-17)24(30)22(19)23(29)26-16-9-11-18(31-3)12-10-16/h4-12,15H,13-14H2,1-3H3,(H,26,29). The van der Waals surface area contributed by atoms with Gasteiger partial charge in [0.05, 0.1) is 7.11 Å². The topological polar surface area (TPSA) is 77.4 Å². The Balaban J connectivity index is 1.86. The summed E-state index contributed by atoms with van der Waals surface area (Å²) < 4.78 is 6.54. The van der Waals surface area contributed by atoms with E-state index in [4.69, 9.17) is 4.74 Å². The first-order chi connectivity index (χ1) is 14.8. The van der Waals surface area contributed by atoms with Crippen molar-refractivity contribution in [3.05, 3.63) is 87.8 Å². The van der Waals surface area contributed by atoms with Crippen LogP contribution in [-0.2, 0) is 6.42 Å². The SMILES string of the molecule is COc1ccc(NC(=O)c2c3c(cn(-c4ccccc4)c2=O)C(=O)CC(C)(C)C3)cc1. The number of carbonyl (C=O) groups excluding carboxylic acids is 2. The summed E-state index contributed by atoms with van der Waals surface area (Å²) in [6.07, 6.45) is 2.42. The van der Waals surface area contributed by atoms with Gasteiger partial charge >= 0.3 is 0 Å². The summed E-state index contributed by atoms with van der Waals surface area (Å²) in [5.41, 5.74) is 1.33. The van der Waals surface area contributed by atoms with Crippen LogP contribution in [0.4, 0.5) is 5.69 Å². The molecule has 0 fully saturated rings. The zero-order valence-electron chi connectivity index (χ0n) is 17.8. The van der Waals surface area contributed by atoms with Crippen LogP contribution >= 0.6 is 0 Å². The number of fused-ring (bicyclic) bond motifs is 1. The van der Waals surface area contributed by atoms with Crippen molar-refractivity contribution in [1.29, 1.82) is 0 Å². The van der Waals surface area contributed by atoms with Crippen LogP contribution in [0.5, 0.6) is 5.75 Å². The van der Waals surface area contributed by atoms with Gasteiger partial charge in [-0.1, -0.05) is 32.0 Å². The lowest BCUT2D eigenvalue weighted by molar-refractivity contribution is 0.0910. The first-order valence-electron chi connectivity index (χ1n) is 10.1. The lowest BCUT2D eigenvalue weighted by Crippen LogP contribution is -2.37. The molecule has 0 bridgehead atoms. The molecule has 1 N–H and O–H groups in total. The molecule has 1 aliphatic rings. The summed E-state index contributed by atoms with van der Waals surface area (Å²) in [7, 11) is 1.56. The molecular weight excluding hydrogens is 392 g/mol. The second-order valence-electron chi connectivity index (χ2n) is 8.53. The maximum absolute atomic E-state index is 13.5. The van der Waals surface area contributed by atoms with Gasteiger partial charge in [-0.2, -0.15) is 0 Å². The molecule has 0 unspecified atom stereocenters. The summed E-state index contributed by atoms with van der Waals surface area (Å²) in [5, 5.41) is 2.80. The van der Waals surface area contributed by atoms with Crippen LogP contribution in [0.2, 0.25) is 0 Å². The van der Waals surface area contributed by atoms with Gasteiger partial charge in [-0.3, -0.25) is 19.0 Å². The lowest BCUT2D eigenvalue weighted by atomic mass is 9.73. The van der Waals surface area contributed by atoms with Gasteiger partial charge in [0.15, 0.2) is 5.78 Å². The van der Waals surface area contributed by atoms with Gasteiger partial charge in [-0.25, -0.2) is 0 Å². The van der Waals surface area contributed by atoms with Crippen molar-refractivity contribution < 1.29 is 14.3 Å². The summed E-state index contributed by atoms with van der Waals surface area (Å²) in [4.78, 5) is 39.7. The predicted molar refractivity (Wildman–Crippen MR) is 119 cm³/mol. The Morgan fingerprint density at radius 1 is 1.00 bits per heavy atom. The number of pyridine rings is 1. The van der Waals surface area contributed by atoms with E-state index in [9.17, 15) is 14.4 Å². The van der Waals surface area contributed by atoms with E-state index >= 15 is 0 Å². The first-order valence-corrected chi connectivity index (χ1v) is 10.1. The van der Waals surface area contributed by atoms with Crippen molar-refractivity contribution in [2.75, 3.05) is 12.4 Å². The molecule has 31 heavy (non-hydrogen) atoms. The zero-order chi connectivity index (χ0) is 22.2. The monoisotopic (exact) mass is 416 g/mol. The number of ether oxygens (including phenoxy) is 1. The molecule has 0 atom stereocenters. The predicted octanol–water partition coefficient (Wildman–Crippen LogP) is 4.25. The Bertz CT molecular complexity index is 1210. The number of aromatic nitrogens is 1. The summed E-state index contributed by atoms with van der Waals surface area (Å²) in [6, 6.07) is 15.9. The minimum absolute atomic E-state index is 0.0123. The Morgan fingerprint density at radius 3 is 2.32 bits per heavy atom. The fourth-order valence-electron chi connectivity index (χ4n) is 4.03. The minimum atomic E-state index is -0.526. The van der Waals surface area contributed by atoms with E-state index in [1.54, 1.807) is 49.7 Å². The molecule has 1 aliphatic carbocycles. The third-order valence-electron chi connectivity index (χ3n) is 5.52. The second-order valence-corrected chi connectivity index (χ2v) is 8.53. The van der Waals surface area contributed by atoms with E-state index in [0.29, 0.717) is 41.1 Å². The van der Waals surface area contributed by atoms with Crippen LogP contribution in [0.1, 0.15) is 46.5 Å². The van der Waals surface area contributed by atoms with Crippen LogP contribution in [0.25, 0.3) is 5.69 Å². The lowest BCUT2D eigenvalue weighted by Gasteiger charge is -2.31. The molecular formula is C25H24N2O4. The third kappa shape index (κ3) is 4.01. The number of hydrogen-bond acceptors (Lipinski definition) is 4. The minimum Gasteiger partial charge on any atom is -0.497 e. The Hall–Kier alpha value is -3.67. The maximum atomic E-state index is 13.5. The fourth-order valence-corrected chi connectivity index (χ4v) is 4.03. The van der Waals surface area contributed by atoms with Crippen molar-refractivity contribution in [2.24, 2.45) is 5.41 Å². The highest BCUT2D eigenvalue weighted by atomic mass is 16.5. The van der Waals surface area contributed by atoms with E-state index in [0.717, 1.165) is 0 Å². The molecule has 0 radical (unpaired) electrons. The molecule has 0 aliphatic heterocycles. The Labute approximate surface area is 180 Å². The van der Waals surface area contributed by atoms with Gasteiger partial charge < -0.3 is 10.1 Å². The van der Waals surface area contributed by atoms with E-state index < -0.39 is 11.5 Å². The summed E-state index contributed by atoms with van der Waals surface area (Å²) in [6.45, 7) is 3.95. The van der Waals surface area contributed by atoms with Gasteiger partial charge in [0.1, 0.15) is 11.3 Å². The largest absolute Gasteiger partial charge is 0.497 e. The van der Waals surface area contributed by atoms with Crippen molar-refractivity contribution in [3.63, 3.8) is 0 Å². The third-order valence-corrected chi connectivity index (χ3v) is 5.52. The normalized spacial score (nSPS) is 14.6. The van der Waals surface area contributed by atoms with Crippen molar-refractivity contribution in [3.8, 4) is 11.4 Å². The smallest absolute Gasteiger partial charge is 0.268 e. The number of nitrogens with one attached hydrogen (secondary N) is 1. The van der Waals surface area contributed by atoms with Crippen molar-refractivity contribution in [1.82, 2.24) is 4.57 Å². The van der Waals surface area contributed by atoms with Crippen LogP contribution in [0, 0.1) is 5.41 Å². The van der Waals surface area contributed by atoms with Crippen LogP contribution in [0.15, 0.2) is 65.6 Å². The van der Waals surface area contributed by atoms with Gasteiger partial charge in [-0.05, 0) is 53.8 Å². The van der Waals surface area contributed by atoms with Gasteiger partial charge in [0.25, 0.3) is 11.5 Å². The number of Topliss-reactive ketones (excluding diaryl/α,β-unsaturated/α-hetero) is 1. The molecule has 1 amide bonds. The van der Waals surface area contributed by atoms with Crippen molar-refractivity contribution >= 4 is 17.4 Å². The number of amides is 1. The fraction of sp³-hybridized carbons (Fsp3) is 0.240. The molecule has 4 rings (SSSR count).